The van der Waals surface area contributed by atoms with Crippen LogP contribution in [0, 0.1) is 0 Å². The lowest BCUT2D eigenvalue weighted by atomic mass is 10.4. The molecule has 1 atom stereocenters. The molecule has 0 radical (unpaired) electrons. The number of hydrogen-bond donors (Lipinski definition) is 2. The van der Waals surface area contributed by atoms with Crippen molar-refractivity contribution in [1.29, 1.82) is 0 Å². The van der Waals surface area contributed by atoms with Gasteiger partial charge < -0.3 is 10.4 Å². The van der Waals surface area contributed by atoms with E-state index in [1.165, 1.54) is 0 Å². The maximum Gasteiger partial charge on any atom is 0.404 e. The Hall–Kier alpha value is -0.380. The van der Waals surface area contributed by atoms with Crippen LogP contribution in [0.3, 0.4) is 0 Å². The number of amides is 1. The van der Waals surface area contributed by atoms with Crippen molar-refractivity contribution in [2.45, 2.75) is 19.9 Å². The Bertz CT molecular complexity index is 108. The van der Waals surface area contributed by atoms with Crippen LogP contribution < -0.4 is 5.32 Å². The average Bonchev–Trinajstić information content (AvgIpc) is 1.82. The van der Waals surface area contributed by atoms with Gasteiger partial charge in [-0.25, -0.2) is 4.79 Å². The van der Waals surface area contributed by atoms with Crippen molar-refractivity contribution >= 4 is 17.9 Å². The minimum absolute atomic E-state index is 0.0578. The van der Waals surface area contributed by atoms with Crippen LogP contribution in [0.5, 0.6) is 0 Å². The van der Waals surface area contributed by atoms with E-state index in [1.807, 2.05) is 6.92 Å². The largest absolute Gasteiger partial charge is 0.465 e. The van der Waals surface area contributed by atoms with Crippen LogP contribution in [0.15, 0.2) is 0 Å². The smallest absolute Gasteiger partial charge is 0.404 e. The first-order valence-electron chi connectivity index (χ1n) is 3.24. The molecule has 0 aromatic carbocycles. The standard InChI is InChI=1S/C6H13NO2S/c1-3-10-4-5(2)7-6(8)9/h5,7H,3-4H2,1-2H3,(H,8,9). The maximum atomic E-state index is 10.1. The number of hydrogen-bond acceptors (Lipinski definition) is 2. The summed E-state index contributed by atoms with van der Waals surface area (Å²) in [6.45, 7) is 3.91. The zero-order chi connectivity index (χ0) is 7.98. The van der Waals surface area contributed by atoms with E-state index < -0.39 is 6.09 Å². The van der Waals surface area contributed by atoms with Crippen molar-refractivity contribution in [2.24, 2.45) is 0 Å². The molecule has 0 bridgehead atoms. The quantitative estimate of drug-likeness (QED) is 0.658. The second kappa shape index (κ2) is 5.41. The summed E-state index contributed by atoms with van der Waals surface area (Å²) in [5, 5.41) is 10.6. The van der Waals surface area contributed by atoms with E-state index in [2.05, 4.69) is 12.2 Å². The lowest BCUT2D eigenvalue weighted by Crippen LogP contribution is -2.32. The lowest BCUT2D eigenvalue weighted by Gasteiger charge is -2.08. The van der Waals surface area contributed by atoms with Crippen LogP contribution in [0.4, 0.5) is 4.79 Å². The fraction of sp³-hybridized carbons (Fsp3) is 0.833. The summed E-state index contributed by atoms with van der Waals surface area (Å²) in [7, 11) is 0. The van der Waals surface area contributed by atoms with E-state index in [0.29, 0.717) is 0 Å². The summed E-state index contributed by atoms with van der Waals surface area (Å²) in [4.78, 5) is 10.1. The molecule has 0 spiro atoms. The van der Waals surface area contributed by atoms with Gasteiger partial charge in [0.2, 0.25) is 0 Å². The summed E-state index contributed by atoms with van der Waals surface area (Å²) in [6.07, 6.45) is -0.941. The second-order valence-electron chi connectivity index (χ2n) is 2.01. The minimum Gasteiger partial charge on any atom is -0.465 e. The van der Waals surface area contributed by atoms with Crippen LogP contribution in [0.25, 0.3) is 0 Å². The van der Waals surface area contributed by atoms with Gasteiger partial charge in [-0.15, -0.1) is 0 Å². The van der Waals surface area contributed by atoms with E-state index in [-0.39, 0.29) is 6.04 Å². The summed E-state index contributed by atoms with van der Waals surface area (Å²) in [5.74, 6) is 1.88. The van der Waals surface area contributed by atoms with Crippen molar-refractivity contribution in [3.8, 4) is 0 Å². The van der Waals surface area contributed by atoms with Crippen molar-refractivity contribution in [1.82, 2.24) is 5.32 Å². The summed E-state index contributed by atoms with van der Waals surface area (Å²) in [6, 6.07) is 0.0578. The Kier molecular flexibility index (Phi) is 5.20. The molecular formula is C6H13NO2S. The molecule has 0 aromatic heterocycles. The monoisotopic (exact) mass is 163 g/mol. The number of rotatable bonds is 4. The van der Waals surface area contributed by atoms with Crippen LogP contribution in [0.1, 0.15) is 13.8 Å². The van der Waals surface area contributed by atoms with Crippen LogP contribution >= 0.6 is 11.8 Å². The molecule has 0 aliphatic heterocycles. The third-order valence-corrected chi connectivity index (χ3v) is 2.09. The second-order valence-corrected chi connectivity index (χ2v) is 3.33. The third kappa shape index (κ3) is 5.75. The van der Waals surface area contributed by atoms with E-state index in [1.54, 1.807) is 11.8 Å². The van der Waals surface area contributed by atoms with E-state index >= 15 is 0 Å². The Morgan fingerprint density at radius 2 is 2.40 bits per heavy atom. The Morgan fingerprint density at radius 3 is 2.80 bits per heavy atom. The summed E-state index contributed by atoms with van der Waals surface area (Å²) in [5.41, 5.74) is 0. The van der Waals surface area contributed by atoms with Crippen molar-refractivity contribution in [2.75, 3.05) is 11.5 Å². The highest BCUT2D eigenvalue weighted by molar-refractivity contribution is 7.99. The van der Waals surface area contributed by atoms with E-state index in [9.17, 15) is 4.79 Å². The molecule has 4 heteroatoms. The van der Waals surface area contributed by atoms with Gasteiger partial charge >= 0.3 is 6.09 Å². The van der Waals surface area contributed by atoms with Crippen LogP contribution in [0.2, 0.25) is 0 Å². The third-order valence-electron chi connectivity index (χ3n) is 0.942. The van der Waals surface area contributed by atoms with Gasteiger partial charge in [-0.05, 0) is 12.7 Å². The van der Waals surface area contributed by atoms with Gasteiger partial charge in [0.15, 0.2) is 0 Å². The number of carbonyl (C=O) groups is 1. The Labute approximate surface area is 65.2 Å². The first kappa shape index (κ1) is 9.62. The van der Waals surface area contributed by atoms with Crippen LogP contribution in [-0.2, 0) is 0 Å². The number of nitrogens with one attached hydrogen (secondary N) is 1. The zero-order valence-corrected chi connectivity index (χ0v) is 7.07. The van der Waals surface area contributed by atoms with Crippen molar-refractivity contribution in [3.05, 3.63) is 0 Å². The molecule has 0 fully saturated rings. The average molecular weight is 163 g/mol. The van der Waals surface area contributed by atoms with E-state index in [0.717, 1.165) is 11.5 Å². The first-order chi connectivity index (χ1) is 4.66. The molecule has 0 heterocycles. The zero-order valence-electron chi connectivity index (χ0n) is 6.26. The van der Waals surface area contributed by atoms with Gasteiger partial charge in [0.1, 0.15) is 0 Å². The summed E-state index contributed by atoms with van der Waals surface area (Å²) >= 11 is 1.73. The van der Waals surface area contributed by atoms with Gasteiger partial charge in [0.25, 0.3) is 0 Å². The minimum atomic E-state index is -0.941. The SMILES string of the molecule is CCSCC(C)NC(=O)O. The topological polar surface area (TPSA) is 49.3 Å². The summed E-state index contributed by atoms with van der Waals surface area (Å²) < 4.78 is 0. The van der Waals surface area contributed by atoms with Gasteiger partial charge in [-0.2, -0.15) is 11.8 Å². The Morgan fingerprint density at radius 1 is 1.80 bits per heavy atom. The fourth-order valence-corrected chi connectivity index (χ4v) is 1.22. The highest BCUT2D eigenvalue weighted by Gasteiger charge is 2.02. The molecule has 0 rings (SSSR count). The molecule has 2 N–H and O–H groups in total. The van der Waals surface area contributed by atoms with Gasteiger partial charge in [-0.3, -0.25) is 0 Å². The molecule has 0 saturated heterocycles. The van der Waals surface area contributed by atoms with Crippen molar-refractivity contribution < 1.29 is 9.90 Å². The van der Waals surface area contributed by atoms with E-state index in [4.69, 9.17) is 5.11 Å². The molecule has 3 nitrogen and oxygen atoms in total. The molecule has 10 heavy (non-hydrogen) atoms. The molecule has 60 valence electrons. The number of thioether (sulfide) groups is 1. The molecule has 0 aliphatic carbocycles. The first-order valence-corrected chi connectivity index (χ1v) is 4.39. The molecule has 0 aromatic rings. The normalized spacial score (nSPS) is 12.6. The fourth-order valence-electron chi connectivity index (χ4n) is 0.547. The van der Waals surface area contributed by atoms with Gasteiger partial charge in [0, 0.05) is 11.8 Å². The molecule has 0 saturated carbocycles. The highest BCUT2D eigenvalue weighted by Crippen LogP contribution is 2.00. The van der Waals surface area contributed by atoms with Crippen molar-refractivity contribution in [3.63, 3.8) is 0 Å². The lowest BCUT2D eigenvalue weighted by molar-refractivity contribution is 0.192. The predicted molar refractivity (Wildman–Crippen MR) is 43.6 cm³/mol. The molecule has 0 aliphatic rings. The predicted octanol–water partition coefficient (Wildman–Crippen LogP) is 1.40. The maximum absolute atomic E-state index is 10.1. The Balaban J connectivity index is 3.25. The van der Waals surface area contributed by atoms with Crippen LogP contribution in [-0.4, -0.2) is 28.7 Å². The molecular weight excluding hydrogens is 150 g/mol. The molecule has 1 unspecified atom stereocenters. The number of carboxylic acid groups (broad SMARTS) is 1. The molecule has 1 amide bonds. The van der Waals surface area contributed by atoms with Gasteiger partial charge in [0.05, 0.1) is 0 Å². The van der Waals surface area contributed by atoms with Gasteiger partial charge in [-0.1, -0.05) is 6.92 Å². The highest BCUT2D eigenvalue weighted by atomic mass is 32.2.